The molecule has 0 saturated carbocycles. The van der Waals surface area contributed by atoms with Crippen LogP contribution in [0.1, 0.15) is 29.4 Å². The first kappa shape index (κ1) is 38.0. The van der Waals surface area contributed by atoms with Crippen molar-refractivity contribution in [1.82, 2.24) is 24.5 Å². The first-order valence-corrected chi connectivity index (χ1v) is 23.8. The predicted octanol–water partition coefficient (Wildman–Crippen LogP) is 13.2. The zero-order valence-electron chi connectivity index (χ0n) is 35.1. The SMILES string of the molecule is C1=CC2Sc3cccc(-c4nc(-c5ccccc5)nc(-c5cccc(-c6cccc7c8c(sc67)=CCC(c6cccc(-c7nc9ccccc9n7-c7ccccc7)c6)C=8)c5)n4)c3C2C=C1. The van der Waals surface area contributed by atoms with Crippen LogP contribution in [0, 0.1) is 0 Å². The van der Waals surface area contributed by atoms with E-state index in [0.717, 1.165) is 56.8 Å². The average Bonchev–Trinajstić information content (AvgIpc) is 4.08. The lowest BCUT2D eigenvalue weighted by atomic mass is 9.89. The van der Waals surface area contributed by atoms with E-state index < -0.39 is 0 Å². The number of hydrogen-bond donors (Lipinski definition) is 0. The van der Waals surface area contributed by atoms with Gasteiger partial charge in [0, 0.05) is 64.5 Å². The number of allylic oxidation sites excluding steroid dienone is 3. The summed E-state index contributed by atoms with van der Waals surface area (Å²) in [4.78, 5) is 22.1. The van der Waals surface area contributed by atoms with Crippen LogP contribution < -0.4 is 9.75 Å². The molecular weight excluding hydrogens is 831 g/mol. The smallest absolute Gasteiger partial charge is 0.164 e. The van der Waals surface area contributed by atoms with Crippen LogP contribution in [0.4, 0.5) is 0 Å². The van der Waals surface area contributed by atoms with E-state index in [1.807, 2.05) is 41.3 Å². The van der Waals surface area contributed by atoms with Crippen LogP contribution in [0.15, 0.2) is 199 Å². The van der Waals surface area contributed by atoms with Crippen LogP contribution >= 0.6 is 23.1 Å². The van der Waals surface area contributed by atoms with Crippen molar-refractivity contribution in [3.8, 4) is 62.4 Å². The molecule has 3 atom stereocenters. The summed E-state index contributed by atoms with van der Waals surface area (Å²) in [7, 11) is 0. The molecule has 7 heteroatoms. The number of benzene rings is 7. The van der Waals surface area contributed by atoms with Gasteiger partial charge in [0.25, 0.3) is 0 Å². The van der Waals surface area contributed by atoms with E-state index in [4.69, 9.17) is 19.9 Å². The molecule has 0 fully saturated rings. The van der Waals surface area contributed by atoms with Crippen molar-refractivity contribution in [1.29, 1.82) is 0 Å². The van der Waals surface area contributed by atoms with E-state index in [1.165, 1.54) is 41.4 Å². The van der Waals surface area contributed by atoms with Gasteiger partial charge in [0.15, 0.2) is 17.5 Å². The van der Waals surface area contributed by atoms with Gasteiger partial charge < -0.3 is 0 Å². The Morgan fingerprint density at radius 2 is 1.26 bits per heavy atom. The van der Waals surface area contributed by atoms with E-state index in [2.05, 4.69) is 193 Å². The summed E-state index contributed by atoms with van der Waals surface area (Å²) in [6, 6.07) is 60.2. The fourth-order valence-electron chi connectivity index (χ4n) is 9.87. The fraction of sp³-hybridized carbons (Fsp3) is 0.0690. The molecule has 10 aromatic rings. The van der Waals surface area contributed by atoms with Crippen LogP contribution in [-0.2, 0) is 0 Å². The number of thiophene rings is 1. The summed E-state index contributed by atoms with van der Waals surface area (Å²) in [6.07, 6.45) is 14.8. The highest BCUT2D eigenvalue weighted by Crippen LogP contribution is 2.51. The summed E-state index contributed by atoms with van der Waals surface area (Å²) in [5, 5.41) is 2.98. The molecule has 3 aliphatic rings. The zero-order valence-corrected chi connectivity index (χ0v) is 36.8. The summed E-state index contributed by atoms with van der Waals surface area (Å²) < 4.78 is 4.90. The minimum Gasteiger partial charge on any atom is -0.292 e. The molecule has 0 amide bonds. The van der Waals surface area contributed by atoms with Gasteiger partial charge in [0.05, 0.1) is 11.0 Å². The van der Waals surface area contributed by atoms with Crippen molar-refractivity contribution in [3.63, 3.8) is 0 Å². The van der Waals surface area contributed by atoms with E-state index in [9.17, 15) is 0 Å². The van der Waals surface area contributed by atoms with Crippen molar-refractivity contribution >= 4 is 56.4 Å². The number of fused-ring (bicyclic) bond motifs is 7. The maximum Gasteiger partial charge on any atom is 0.164 e. The van der Waals surface area contributed by atoms with E-state index in [1.54, 1.807) is 0 Å². The number of imidazole rings is 1. The standard InChI is InChI=1S/C58H39N5S2/c1-3-15-36(16-4-1)55-60-56(62-57(61-55)46-26-14-30-52-53(46)45-23-7-10-29-50(45)64-52)40-19-12-18-39(34-40)43-24-13-25-44-47-35-38(31-32-51(47)65-54(43)44)37-17-11-20-41(33-37)58-59-48-27-8-9-28-49(48)63(58)42-21-5-2-6-22-42/h1-30,32-35,38,45,50H,31H2. The Morgan fingerprint density at radius 1 is 0.554 bits per heavy atom. The Hall–Kier alpha value is -7.45. The molecule has 3 aromatic heterocycles. The van der Waals surface area contributed by atoms with Gasteiger partial charge >= 0.3 is 0 Å². The lowest BCUT2D eigenvalue weighted by Crippen LogP contribution is -2.23. The number of nitrogens with zero attached hydrogens (tertiary/aromatic N) is 5. The number of thioether (sulfide) groups is 1. The van der Waals surface area contributed by atoms with Gasteiger partial charge in [-0.15, -0.1) is 23.1 Å². The van der Waals surface area contributed by atoms with Crippen LogP contribution in [0.2, 0.25) is 0 Å². The second kappa shape index (κ2) is 15.7. The van der Waals surface area contributed by atoms with Crippen molar-refractivity contribution in [2.45, 2.75) is 28.4 Å². The first-order valence-electron chi connectivity index (χ1n) is 22.1. The molecule has 0 saturated heterocycles. The van der Waals surface area contributed by atoms with Gasteiger partial charge in [0.2, 0.25) is 0 Å². The molecule has 1 aliphatic heterocycles. The van der Waals surface area contributed by atoms with Gasteiger partial charge in [-0.05, 0) is 76.4 Å². The molecule has 0 spiro atoms. The van der Waals surface area contributed by atoms with Crippen molar-refractivity contribution in [2.24, 2.45) is 0 Å². The lowest BCUT2D eigenvalue weighted by Gasteiger charge is -2.17. The summed E-state index contributed by atoms with van der Waals surface area (Å²) >= 11 is 3.81. The topological polar surface area (TPSA) is 56.5 Å². The van der Waals surface area contributed by atoms with Gasteiger partial charge in [-0.1, -0.05) is 164 Å². The molecule has 0 N–H and O–H groups in total. The van der Waals surface area contributed by atoms with Gasteiger partial charge in [0.1, 0.15) is 5.82 Å². The Labute approximate surface area is 384 Å². The molecule has 13 rings (SSSR count). The third-order valence-corrected chi connectivity index (χ3v) is 15.5. The van der Waals surface area contributed by atoms with Crippen molar-refractivity contribution in [3.05, 3.63) is 215 Å². The van der Waals surface area contributed by atoms with Crippen molar-refractivity contribution < 1.29 is 0 Å². The molecule has 0 bridgehead atoms. The number of aromatic nitrogens is 5. The maximum absolute atomic E-state index is 5.27. The monoisotopic (exact) mass is 869 g/mol. The Morgan fingerprint density at radius 3 is 2.17 bits per heavy atom. The minimum atomic E-state index is 0.236. The summed E-state index contributed by atoms with van der Waals surface area (Å²) in [6.45, 7) is 0. The zero-order chi connectivity index (χ0) is 42.8. The fourth-order valence-corrected chi connectivity index (χ4v) is 12.5. The first-order chi connectivity index (χ1) is 32.2. The molecule has 2 aliphatic carbocycles. The van der Waals surface area contributed by atoms with Crippen LogP contribution in [0.5, 0.6) is 0 Å². The Balaban J connectivity index is 0.881. The molecular formula is C58H39N5S2. The van der Waals surface area contributed by atoms with Crippen LogP contribution in [0.25, 0.3) is 95.6 Å². The second-order valence-corrected chi connectivity index (χ2v) is 19.1. The second-order valence-electron chi connectivity index (χ2n) is 16.8. The van der Waals surface area contributed by atoms with E-state index in [0.29, 0.717) is 22.7 Å². The molecule has 7 aromatic carbocycles. The minimum absolute atomic E-state index is 0.236. The van der Waals surface area contributed by atoms with Crippen LogP contribution in [-0.4, -0.2) is 29.8 Å². The highest BCUT2D eigenvalue weighted by atomic mass is 32.2. The Kier molecular flexibility index (Phi) is 9.17. The predicted molar refractivity (Wildman–Crippen MR) is 270 cm³/mol. The van der Waals surface area contributed by atoms with Gasteiger partial charge in [-0.3, -0.25) is 4.57 Å². The van der Waals surface area contributed by atoms with Crippen molar-refractivity contribution in [2.75, 3.05) is 0 Å². The van der Waals surface area contributed by atoms with E-state index in [-0.39, 0.29) is 11.8 Å². The highest BCUT2D eigenvalue weighted by molar-refractivity contribution is 8.00. The summed E-state index contributed by atoms with van der Waals surface area (Å²) in [5.74, 6) is 3.51. The normalized spacial score (nSPS) is 17.1. The average molecular weight is 870 g/mol. The third kappa shape index (κ3) is 6.61. The molecule has 0 radical (unpaired) electrons. The molecule has 65 heavy (non-hydrogen) atoms. The Bertz CT molecular complexity index is 3700. The number of para-hydroxylation sites is 3. The highest BCUT2D eigenvalue weighted by Gasteiger charge is 2.34. The van der Waals surface area contributed by atoms with Crippen LogP contribution in [0.3, 0.4) is 0 Å². The summed E-state index contributed by atoms with van der Waals surface area (Å²) in [5.41, 5.74) is 12.2. The number of hydrogen-bond acceptors (Lipinski definition) is 6. The number of rotatable bonds is 7. The third-order valence-electron chi connectivity index (χ3n) is 12.9. The quantitative estimate of drug-likeness (QED) is 0.160. The van der Waals surface area contributed by atoms with Gasteiger partial charge in [-0.25, -0.2) is 19.9 Å². The molecule has 5 nitrogen and oxygen atoms in total. The lowest BCUT2D eigenvalue weighted by molar-refractivity contribution is 0.879. The van der Waals surface area contributed by atoms with Gasteiger partial charge in [-0.2, -0.15) is 0 Å². The maximum atomic E-state index is 5.27. The molecule has 308 valence electrons. The molecule has 4 heterocycles. The molecule has 3 unspecified atom stereocenters. The largest absolute Gasteiger partial charge is 0.292 e. The van der Waals surface area contributed by atoms with E-state index >= 15 is 0 Å².